The zero-order valence-corrected chi connectivity index (χ0v) is 25.4. The normalized spacial score (nSPS) is 17.3. The summed E-state index contributed by atoms with van der Waals surface area (Å²) in [5, 5.41) is 10.1. The lowest BCUT2D eigenvalue weighted by Crippen LogP contribution is -2.41. The number of ether oxygens (including phenoxy) is 1. The van der Waals surface area contributed by atoms with Gasteiger partial charge in [-0.2, -0.15) is 0 Å². The van der Waals surface area contributed by atoms with Crippen molar-refractivity contribution in [3.8, 4) is 0 Å². The van der Waals surface area contributed by atoms with E-state index in [0.717, 1.165) is 25.7 Å². The first-order chi connectivity index (χ1) is 18.6. The number of rotatable bonds is 26. The van der Waals surface area contributed by atoms with Crippen LogP contribution in [-0.2, 0) is 14.3 Å². The van der Waals surface area contributed by atoms with Crippen molar-refractivity contribution in [2.45, 2.75) is 187 Å². The fourth-order valence-corrected chi connectivity index (χ4v) is 5.61. The van der Waals surface area contributed by atoms with Gasteiger partial charge in [0.2, 0.25) is 5.91 Å². The number of aliphatic hydroxyl groups excluding tert-OH is 1. The third kappa shape index (κ3) is 18.2. The summed E-state index contributed by atoms with van der Waals surface area (Å²) in [7, 11) is 0. The summed E-state index contributed by atoms with van der Waals surface area (Å²) in [6.45, 7) is 5.19. The molecule has 0 aromatic heterocycles. The van der Waals surface area contributed by atoms with Crippen molar-refractivity contribution in [2.24, 2.45) is 0 Å². The number of carbonyl (C=O) groups is 2. The number of esters is 1. The van der Waals surface area contributed by atoms with Gasteiger partial charge < -0.3 is 14.7 Å². The average Bonchev–Trinajstić information content (AvgIpc) is 3.31. The first kappa shape index (κ1) is 34.9. The molecule has 0 aliphatic carbocycles. The van der Waals surface area contributed by atoms with Crippen molar-refractivity contribution in [2.75, 3.05) is 13.2 Å². The Balaban J connectivity index is 2.05. The second-order valence-electron chi connectivity index (χ2n) is 11.8. The summed E-state index contributed by atoms with van der Waals surface area (Å²) < 4.78 is 5.50. The molecule has 1 aliphatic rings. The number of unbranched alkanes of at least 4 members (excludes halogenated alkanes) is 21. The topological polar surface area (TPSA) is 66.8 Å². The Bertz CT molecular complexity index is 567. The van der Waals surface area contributed by atoms with E-state index in [-0.39, 0.29) is 18.4 Å². The van der Waals surface area contributed by atoms with Crippen LogP contribution in [0.1, 0.15) is 174 Å². The molecule has 1 heterocycles. The largest absolute Gasteiger partial charge is 0.464 e. The molecule has 0 spiro atoms. The highest BCUT2D eigenvalue weighted by Crippen LogP contribution is 2.22. The minimum Gasteiger partial charge on any atom is -0.464 e. The molecule has 2 atom stereocenters. The van der Waals surface area contributed by atoms with Gasteiger partial charge >= 0.3 is 5.97 Å². The van der Waals surface area contributed by atoms with Crippen molar-refractivity contribution in [3.63, 3.8) is 0 Å². The van der Waals surface area contributed by atoms with Crippen LogP contribution in [0.4, 0.5) is 0 Å². The zero-order valence-electron chi connectivity index (χ0n) is 25.4. The Morgan fingerprint density at radius 2 is 1.03 bits per heavy atom. The summed E-state index contributed by atoms with van der Waals surface area (Å²) in [6, 6.07) is -0.609. The third-order valence-electron chi connectivity index (χ3n) is 8.11. The van der Waals surface area contributed by atoms with Crippen LogP contribution < -0.4 is 0 Å². The summed E-state index contributed by atoms with van der Waals surface area (Å²) in [6.07, 6.45) is 29.2. The standard InChI is InChI=1S/C33H63NO4/c1-3-5-7-9-11-13-15-16-17-18-20-22-24-26-32(36)34-29-30(35)28-31(34)33(37)38-27-25-23-21-19-14-12-10-8-6-4-2/h30-31,35H,3-29H2,1-2H3/t30-,31+/m1/s1. The molecule has 38 heavy (non-hydrogen) atoms. The highest BCUT2D eigenvalue weighted by Gasteiger charge is 2.39. The van der Waals surface area contributed by atoms with Crippen LogP contribution in [0.5, 0.6) is 0 Å². The van der Waals surface area contributed by atoms with Crippen LogP contribution >= 0.6 is 0 Å². The molecule has 0 unspecified atom stereocenters. The van der Waals surface area contributed by atoms with E-state index in [9.17, 15) is 14.7 Å². The van der Waals surface area contributed by atoms with E-state index >= 15 is 0 Å². The van der Waals surface area contributed by atoms with Gasteiger partial charge in [0.1, 0.15) is 6.04 Å². The van der Waals surface area contributed by atoms with Gasteiger partial charge in [0.25, 0.3) is 0 Å². The molecule has 0 radical (unpaired) electrons. The lowest BCUT2D eigenvalue weighted by molar-refractivity contribution is -0.153. The van der Waals surface area contributed by atoms with E-state index < -0.39 is 12.1 Å². The molecule has 1 rings (SSSR count). The third-order valence-corrected chi connectivity index (χ3v) is 8.11. The monoisotopic (exact) mass is 537 g/mol. The van der Waals surface area contributed by atoms with Crippen LogP contribution in [0.3, 0.4) is 0 Å². The van der Waals surface area contributed by atoms with Crippen LogP contribution in [0.2, 0.25) is 0 Å². The van der Waals surface area contributed by atoms with Crippen LogP contribution in [0.25, 0.3) is 0 Å². The number of aliphatic hydroxyl groups is 1. The zero-order chi connectivity index (χ0) is 27.7. The molecule has 1 N–H and O–H groups in total. The minimum absolute atomic E-state index is 0.00879. The second kappa shape index (κ2) is 24.9. The lowest BCUT2D eigenvalue weighted by Gasteiger charge is -2.23. The summed E-state index contributed by atoms with van der Waals surface area (Å²) >= 11 is 0. The fraction of sp³-hybridized carbons (Fsp3) is 0.939. The fourth-order valence-electron chi connectivity index (χ4n) is 5.61. The molecule has 0 aromatic carbocycles. The number of β-amino-alcohol motifs (C(OH)–C–C–N with tert-alkyl or cyclic N) is 1. The molecule has 1 aliphatic heterocycles. The van der Waals surface area contributed by atoms with Crippen LogP contribution in [-0.4, -0.2) is 47.2 Å². The predicted octanol–water partition coefficient (Wildman–Crippen LogP) is 8.89. The molecule has 0 saturated carbocycles. The van der Waals surface area contributed by atoms with Crippen molar-refractivity contribution in [1.29, 1.82) is 0 Å². The van der Waals surface area contributed by atoms with E-state index in [0.29, 0.717) is 19.4 Å². The Morgan fingerprint density at radius 1 is 0.632 bits per heavy atom. The van der Waals surface area contributed by atoms with Crippen molar-refractivity contribution >= 4 is 11.9 Å². The van der Waals surface area contributed by atoms with Gasteiger partial charge in [-0.15, -0.1) is 0 Å². The average molecular weight is 538 g/mol. The Kier molecular flexibility index (Phi) is 22.9. The van der Waals surface area contributed by atoms with E-state index in [1.165, 1.54) is 122 Å². The number of amides is 1. The van der Waals surface area contributed by atoms with Crippen LogP contribution in [0, 0.1) is 0 Å². The molecule has 1 saturated heterocycles. The first-order valence-corrected chi connectivity index (χ1v) is 16.7. The smallest absolute Gasteiger partial charge is 0.328 e. The van der Waals surface area contributed by atoms with Crippen molar-refractivity contribution < 1.29 is 19.4 Å². The van der Waals surface area contributed by atoms with Gasteiger partial charge in [-0.25, -0.2) is 4.79 Å². The highest BCUT2D eigenvalue weighted by atomic mass is 16.5. The Morgan fingerprint density at radius 3 is 1.47 bits per heavy atom. The lowest BCUT2D eigenvalue weighted by atomic mass is 10.0. The van der Waals surface area contributed by atoms with E-state index in [4.69, 9.17) is 4.74 Å². The highest BCUT2D eigenvalue weighted by molar-refractivity contribution is 5.85. The van der Waals surface area contributed by atoms with Crippen LogP contribution in [0.15, 0.2) is 0 Å². The molecule has 0 aromatic rings. The number of hydrogen-bond acceptors (Lipinski definition) is 4. The molecular weight excluding hydrogens is 474 g/mol. The Hall–Kier alpha value is -1.10. The van der Waals surface area contributed by atoms with Crippen molar-refractivity contribution in [3.05, 3.63) is 0 Å². The molecular formula is C33H63NO4. The van der Waals surface area contributed by atoms with Gasteiger partial charge in [0.05, 0.1) is 12.7 Å². The minimum atomic E-state index is -0.625. The number of likely N-dealkylation sites (tertiary alicyclic amines) is 1. The Labute approximate surface area is 235 Å². The van der Waals surface area contributed by atoms with E-state index in [1.807, 2.05) is 0 Å². The SMILES string of the molecule is CCCCCCCCCCCCCCCC(=O)N1C[C@H](O)C[C@H]1C(=O)OCCCCCCCCCCCC. The first-order valence-electron chi connectivity index (χ1n) is 16.7. The molecule has 1 amide bonds. The summed E-state index contributed by atoms with van der Waals surface area (Å²) in [5.41, 5.74) is 0. The molecule has 0 bridgehead atoms. The molecule has 5 nitrogen and oxygen atoms in total. The molecule has 5 heteroatoms. The van der Waals surface area contributed by atoms with Gasteiger partial charge in [0.15, 0.2) is 0 Å². The van der Waals surface area contributed by atoms with Gasteiger partial charge in [0, 0.05) is 19.4 Å². The summed E-state index contributed by atoms with van der Waals surface area (Å²) in [4.78, 5) is 27.0. The van der Waals surface area contributed by atoms with Gasteiger partial charge in [-0.3, -0.25) is 4.79 Å². The molecule has 224 valence electrons. The second-order valence-corrected chi connectivity index (χ2v) is 11.8. The molecule has 1 fully saturated rings. The maximum atomic E-state index is 12.8. The quantitative estimate of drug-likeness (QED) is 0.0883. The maximum Gasteiger partial charge on any atom is 0.328 e. The van der Waals surface area contributed by atoms with Gasteiger partial charge in [-0.1, -0.05) is 149 Å². The van der Waals surface area contributed by atoms with Crippen molar-refractivity contribution in [1.82, 2.24) is 4.90 Å². The van der Waals surface area contributed by atoms with E-state index in [1.54, 1.807) is 4.90 Å². The number of carbonyl (C=O) groups excluding carboxylic acids is 2. The predicted molar refractivity (Wildman–Crippen MR) is 159 cm³/mol. The number of hydrogen-bond donors (Lipinski definition) is 1. The van der Waals surface area contributed by atoms with Gasteiger partial charge in [-0.05, 0) is 12.8 Å². The summed E-state index contributed by atoms with van der Waals surface area (Å²) in [5.74, 6) is -0.346. The number of nitrogens with zero attached hydrogens (tertiary/aromatic N) is 1. The maximum absolute atomic E-state index is 12.8. The van der Waals surface area contributed by atoms with E-state index in [2.05, 4.69) is 13.8 Å².